The highest BCUT2D eigenvalue weighted by Gasteiger charge is 2.41. The number of hydrogen-bond donors (Lipinski definition) is 1. The van der Waals surface area contributed by atoms with Crippen molar-refractivity contribution in [3.63, 3.8) is 0 Å². The van der Waals surface area contributed by atoms with Gasteiger partial charge in [0.2, 0.25) is 0 Å². The van der Waals surface area contributed by atoms with Gasteiger partial charge >= 0.3 is 5.97 Å². The van der Waals surface area contributed by atoms with E-state index in [1.807, 2.05) is 0 Å². The van der Waals surface area contributed by atoms with Gasteiger partial charge in [-0.2, -0.15) is 0 Å². The molecule has 116 valence electrons. The third-order valence-corrected chi connectivity index (χ3v) is 5.37. The second kappa shape index (κ2) is 6.93. The highest BCUT2D eigenvalue weighted by molar-refractivity contribution is 9.10. The minimum atomic E-state index is -0.611. The number of rotatable bonds is 5. The molecule has 1 aromatic rings. The van der Waals surface area contributed by atoms with Gasteiger partial charge in [-0.15, -0.1) is 0 Å². The lowest BCUT2D eigenvalue weighted by Gasteiger charge is -2.41. The van der Waals surface area contributed by atoms with Gasteiger partial charge in [-0.1, -0.05) is 41.4 Å². The molecule has 0 aromatic heterocycles. The summed E-state index contributed by atoms with van der Waals surface area (Å²) in [4.78, 5) is 14.0. The lowest BCUT2D eigenvalue weighted by Crippen LogP contribution is -2.45. The summed E-state index contributed by atoms with van der Waals surface area (Å²) in [6, 6.07) is 8.74. The number of likely N-dealkylation sites (tertiary alicyclic amines) is 1. The summed E-state index contributed by atoms with van der Waals surface area (Å²) in [5.74, 6) is -0.611. The number of carboxylic acids is 1. The van der Waals surface area contributed by atoms with E-state index < -0.39 is 11.4 Å². The van der Waals surface area contributed by atoms with Crippen molar-refractivity contribution in [1.29, 1.82) is 0 Å². The monoisotopic (exact) mass is 353 g/mol. The molecule has 3 nitrogen and oxygen atoms in total. The summed E-state index contributed by atoms with van der Waals surface area (Å²) in [5.41, 5.74) is 0.793. The Morgan fingerprint density at radius 3 is 2.38 bits per heavy atom. The quantitative estimate of drug-likeness (QED) is 0.848. The zero-order chi connectivity index (χ0) is 15.5. The molecule has 1 atom stereocenters. The van der Waals surface area contributed by atoms with Crippen LogP contribution >= 0.6 is 15.9 Å². The molecule has 1 N–H and O–H groups in total. The molecule has 21 heavy (non-hydrogen) atoms. The summed E-state index contributed by atoms with van der Waals surface area (Å²) in [7, 11) is 0. The van der Waals surface area contributed by atoms with Gasteiger partial charge < -0.3 is 5.11 Å². The predicted molar refractivity (Wildman–Crippen MR) is 88.3 cm³/mol. The van der Waals surface area contributed by atoms with Crippen LogP contribution in [0.3, 0.4) is 0 Å². The molecule has 2 rings (SSSR count). The van der Waals surface area contributed by atoms with Gasteiger partial charge in [0.1, 0.15) is 0 Å². The van der Waals surface area contributed by atoms with E-state index in [2.05, 4.69) is 58.9 Å². The van der Waals surface area contributed by atoms with Crippen LogP contribution in [-0.4, -0.2) is 29.1 Å². The number of halogens is 1. The minimum absolute atomic E-state index is 0.339. The van der Waals surface area contributed by atoms with Crippen LogP contribution in [0.1, 0.15) is 51.1 Å². The highest BCUT2D eigenvalue weighted by Crippen LogP contribution is 2.38. The smallest absolute Gasteiger partial charge is 0.309 e. The Morgan fingerprint density at radius 1 is 1.33 bits per heavy atom. The molecule has 1 saturated heterocycles. The zero-order valence-corrected chi connectivity index (χ0v) is 14.4. The van der Waals surface area contributed by atoms with Gasteiger partial charge in [0.25, 0.3) is 0 Å². The maximum absolute atomic E-state index is 11.6. The summed E-state index contributed by atoms with van der Waals surface area (Å²) in [6.07, 6.45) is 3.26. The number of piperidine rings is 1. The van der Waals surface area contributed by atoms with E-state index in [4.69, 9.17) is 0 Å². The van der Waals surface area contributed by atoms with Crippen LogP contribution in [0.2, 0.25) is 0 Å². The first-order valence-electron chi connectivity index (χ1n) is 7.71. The largest absolute Gasteiger partial charge is 0.481 e. The first-order valence-corrected chi connectivity index (χ1v) is 8.51. The van der Waals surface area contributed by atoms with Crippen LogP contribution < -0.4 is 0 Å². The predicted octanol–water partition coefficient (Wildman–Crippen LogP) is 4.48. The second-order valence-electron chi connectivity index (χ2n) is 6.10. The van der Waals surface area contributed by atoms with E-state index in [-0.39, 0.29) is 0 Å². The van der Waals surface area contributed by atoms with E-state index in [1.54, 1.807) is 0 Å². The molecule has 1 unspecified atom stereocenters. The van der Waals surface area contributed by atoms with E-state index in [9.17, 15) is 9.90 Å². The Kier molecular flexibility index (Phi) is 5.44. The SMILES string of the molecule is CCCC1(C(=O)O)CCN(C(C)c2ccc(Br)cc2)CC1. The van der Waals surface area contributed by atoms with Crippen LogP contribution in [0.15, 0.2) is 28.7 Å². The molecule has 1 aromatic carbocycles. The average Bonchev–Trinajstić information content (AvgIpc) is 2.48. The van der Waals surface area contributed by atoms with Crippen molar-refractivity contribution in [2.75, 3.05) is 13.1 Å². The van der Waals surface area contributed by atoms with Crippen molar-refractivity contribution in [1.82, 2.24) is 4.90 Å². The van der Waals surface area contributed by atoms with Gasteiger partial charge in [-0.25, -0.2) is 0 Å². The maximum atomic E-state index is 11.6. The molecule has 0 spiro atoms. The van der Waals surface area contributed by atoms with Crippen LogP contribution in [0.4, 0.5) is 0 Å². The van der Waals surface area contributed by atoms with Crippen LogP contribution in [0.5, 0.6) is 0 Å². The Labute approximate surface area is 135 Å². The fraction of sp³-hybridized carbons (Fsp3) is 0.588. The molecule has 0 bridgehead atoms. The molecular weight excluding hydrogens is 330 g/mol. The molecule has 0 amide bonds. The van der Waals surface area contributed by atoms with Crippen molar-refractivity contribution in [2.45, 2.75) is 45.6 Å². The second-order valence-corrected chi connectivity index (χ2v) is 7.01. The summed E-state index contributed by atoms with van der Waals surface area (Å²) in [5, 5.41) is 9.57. The van der Waals surface area contributed by atoms with Gasteiger partial charge in [-0.3, -0.25) is 9.69 Å². The Hall–Kier alpha value is -0.870. The van der Waals surface area contributed by atoms with Crippen molar-refractivity contribution >= 4 is 21.9 Å². The fourth-order valence-corrected chi connectivity index (χ4v) is 3.61. The number of aliphatic carboxylic acids is 1. The topological polar surface area (TPSA) is 40.5 Å². The van der Waals surface area contributed by atoms with E-state index in [0.29, 0.717) is 6.04 Å². The normalized spacial score (nSPS) is 20.1. The van der Waals surface area contributed by atoms with Crippen molar-refractivity contribution in [3.05, 3.63) is 34.3 Å². The zero-order valence-electron chi connectivity index (χ0n) is 12.8. The highest BCUT2D eigenvalue weighted by atomic mass is 79.9. The summed E-state index contributed by atoms with van der Waals surface area (Å²) in [6.45, 7) is 6.01. The van der Waals surface area contributed by atoms with Gasteiger partial charge in [0, 0.05) is 10.5 Å². The van der Waals surface area contributed by atoms with Crippen molar-refractivity contribution in [2.24, 2.45) is 5.41 Å². The molecule has 4 heteroatoms. The van der Waals surface area contributed by atoms with Gasteiger partial charge in [0.05, 0.1) is 5.41 Å². The van der Waals surface area contributed by atoms with Crippen LogP contribution in [0, 0.1) is 5.41 Å². The number of carbonyl (C=O) groups is 1. The molecule has 1 aliphatic heterocycles. The van der Waals surface area contributed by atoms with E-state index in [1.165, 1.54) is 5.56 Å². The van der Waals surface area contributed by atoms with Gasteiger partial charge in [-0.05, 0) is 57.0 Å². The number of carboxylic acid groups (broad SMARTS) is 1. The molecule has 0 aliphatic carbocycles. The Morgan fingerprint density at radius 2 is 1.90 bits per heavy atom. The molecule has 1 fully saturated rings. The first-order chi connectivity index (χ1) is 9.98. The lowest BCUT2D eigenvalue weighted by molar-refractivity contribution is -0.153. The van der Waals surface area contributed by atoms with Crippen LogP contribution in [0.25, 0.3) is 0 Å². The third-order valence-electron chi connectivity index (χ3n) is 4.84. The van der Waals surface area contributed by atoms with Crippen LogP contribution in [-0.2, 0) is 4.79 Å². The number of nitrogens with zero attached hydrogens (tertiary/aromatic N) is 1. The molecular formula is C17H24BrNO2. The lowest BCUT2D eigenvalue weighted by atomic mass is 9.74. The van der Waals surface area contributed by atoms with Crippen molar-refractivity contribution in [3.8, 4) is 0 Å². The standard InChI is InChI=1S/C17H24BrNO2/c1-3-8-17(16(20)21)9-11-19(12-10-17)13(2)14-4-6-15(18)7-5-14/h4-7,13H,3,8-12H2,1-2H3,(H,20,21). The molecule has 1 heterocycles. The number of benzene rings is 1. The molecule has 0 radical (unpaired) electrons. The van der Waals surface area contributed by atoms with Gasteiger partial charge in [0.15, 0.2) is 0 Å². The molecule has 0 saturated carbocycles. The minimum Gasteiger partial charge on any atom is -0.481 e. The van der Waals surface area contributed by atoms with E-state index in [0.717, 1.165) is 43.2 Å². The summed E-state index contributed by atoms with van der Waals surface area (Å²) >= 11 is 3.46. The fourth-order valence-electron chi connectivity index (χ4n) is 3.34. The summed E-state index contributed by atoms with van der Waals surface area (Å²) < 4.78 is 1.09. The molecule has 1 aliphatic rings. The van der Waals surface area contributed by atoms with E-state index >= 15 is 0 Å². The average molecular weight is 354 g/mol. The van der Waals surface area contributed by atoms with Crippen molar-refractivity contribution < 1.29 is 9.90 Å². The maximum Gasteiger partial charge on any atom is 0.309 e. The Balaban J connectivity index is 2.02. The third kappa shape index (κ3) is 3.67. The first kappa shape index (κ1) is 16.5. The number of hydrogen-bond acceptors (Lipinski definition) is 2. The Bertz CT molecular complexity index is 478.